The summed E-state index contributed by atoms with van der Waals surface area (Å²) in [5.41, 5.74) is 3.20. The standard InChI is InChI=1S/C31H29Cl2N5O4.C2H6O/c32-24-9-11-25(12-10-24)38-28(29(34-21-40)35-30(38)26-3-1-2-4-27(26)33)31(41)37(13-16-39)20-23-7-5-22(6-8-23)19-36-14-17-42-18-15-36;1-3-2/h1-12,16,21H,13-15,17-20H2,(H,34,40);1-2H3. The molecule has 0 atom stereocenters. The summed E-state index contributed by atoms with van der Waals surface area (Å²) in [6.45, 7) is 4.05. The Bertz CT molecular complexity index is 1570. The molecule has 10 nitrogen and oxygen atoms in total. The second kappa shape index (κ2) is 16.9. The van der Waals surface area contributed by atoms with Gasteiger partial charge in [0.15, 0.2) is 11.5 Å². The van der Waals surface area contributed by atoms with Crippen LogP contribution in [0.3, 0.4) is 0 Å². The summed E-state index contributed by atoms with van der Waals surface area (Å²) in [4.78, 5) is 46.0. The van der Waals surface area contributed by atoms with Gasteiger partial charge >= 0.3 is 0 Å². The molecule has 3 aromatic carbocycles. The maximum Gasteiger partial charge on any atom is 0.275 e. The van der Waals surface area contributed by atoms with Crippen LogP contribution in [-0.2, 0) is 32.2 Å². The lowest BCUT2D eigenvalue weighted by atomic mass is 10.1. The second-order valence-electron chi connectivity index (χ2n) is 10.2. The van der Waals surface area contributed by atoms with Gasteiger partial charge in [0.1, 0.15) is 12.1 Å². The zero-order valence-electron chi connectivity index (χ0n) is 25.1. The van der Waals surface area contributed by atoms with Crippen LogP contribution in [-0.4, -0.2) is 85.0 Å². The first kappa shape index (κ1) is 33.8. The average molecular weight is 653 g/mol. The molecular formula is C33H35Cl2N5O5. The van der Waals surface area contributed by atoms with Gasteiger partial charge < -0.3 is 24.5 Å². The fourth-order valence-electron chi connectivity index (χ4n) is 4.89. The van der Waals surface area contributed by atoms with Crippen LogP contribution < -0.4 is 5.32 Å². The first-order chi connectivity index (χ1) is 21.9. The summed E-state index contributed by atoms with van der Waals surface area (Å²) >= 11 is 12.7. The molecule has 0 unspecified atom stereocenters. The number of aromatic nitrogens is 2. The van der Waals surface area contributed by atoms with Gasteiger partial charge in [-0.2, -0.15) is 0 Å². The van der Waals surface area contributed by atoms with Crippen molar-refractivity contribution in [2.24, 2.45) is 0 Å². The molecule has 45 heavy (non-hydrogen) atoms. The van der Waals surface area contributed by atoms with E-state index in [1.165, 1.54) is 4.90 Å². The number of amides is 2. The highest BCUT2D eigenvalue weighted by Gasteiger charge is 2.29. The third-order valence-electron chi connectivity index (χ3n) is 6.96. The third kappa shape index (κ3) is 8.78. The fraction of sp³-hybridized carbons (Fsp3) is 0.273. The number of carbonyl (C=O) groups is 3. The van der Waals surface area contributed by atoms with E-state index in [2.05, 4.69) is 19.9 Å². The maximum absolute atomic E-state index is 14.2. The molecule has 4 aromatic rings. The number of hydrogen-bond acceptors (Lipinski definition) is 7. The Morgan fingerprint density at radius 1 is 0.978 bits per heavy atom. The first-order valence-corrected chi connectivity index (χ1v) is 15.0. The predicted molar refractivity (Wildman–Crippen MR) is 175 cm³/mol. The van der Waals surface area contributed by atoms with Crippen LogP contribution in [0.2, 0.25) is 10.0 Å². The normalized spacial score (nSPS) is 13.0. The molecule has 0 spiro atoms. The summed E-state index contributed by atoms with van der Waals surface area (Å²) in [6, 6.07) is 21.9. The molecule has 0 radical (unpaired) electrons. The Morgan fingerprint density at radius 2 is 1.62 bits per heavy atom. The lowest BCUT2D eigenvalue weighted by Crippen LogP contribution is -2.35. The van der Waals surface area contributed by atoms with Gasteiger partial charge in [-0.3, -0.25) is 19.1 Å². The number of nitrogens with one attached hydrogen (secondary N) is 1. The van der Waals surface area contributed by atoms with E-state index >= 15 is 0 Å². The Morgan fingerprint density at radius 3 is 2.24 bits per heavy atom. The summed E-state index contributed by atoms with van der Waals surface area (Å²) in [5.74, 6) is -0.115. The number of hydrogen-bond donors (Lipinski definition) is 1. The van der Waals surface area contributed by atoms with Gasteiger partial charge in [-0.1, -0.05) is 59.6 Å². The van der Waals surface area contributed by atoms with E-state index in [0.717, 1.165) is 44.0 Å². The van der Waals surface area contributed by atoms with Crippen LogP contribution in [0.25, 0.3) is 17.1 Å². The van der Waals surface area contributed by atoms with Gasteiger partial charge in [-0.25, -0.2) is 4.98 Å². The lowest BCUT2D eigenvalue weighted by molar-refractivity contribution is -0.108. The minimum atomic E-state index is -0.496. The van der Waals surface area contributed by atoms with E-state index in [1.54, 1.807) is 67.3 Å². The summed E-state index contributed by atoms with van der Waals surface area (Å²) in [6.07, 6.45) is 1.13. The minimum absolute atomic E-state index is 0.0385. The van der Waals surface area contributed by atoms with E-state index in [-0.39, 0.29) is 24.6 Å². The molecule has 1 aromatic heterocycles. The quantitative estimate of drug-likeness (QED) is 0.218. The van der Waals surface area contributed by atoms with Crippen LogP contribution >= 0.6 is 23.2 Å². The van der Waals surface area contributed by atoms with Crippen LogP contribution in [0.4, 0.5) is 5.82 Å². The number of aldehydes is 1. The fourth-order valence-corrected chi connectivity index (χ4v) is 5.23. The first-order valence-electron chi connectivity index (χ1n) is 14.2. The Balaban J connectivity index is 0.00000148. The molecule has 5 rings (SSSR count). The van der Waals surface area contributed by atoms with Crippen molar-refractivity contribution < 1.29 is 23.9 Å². The van der Waals surface area contributed by atoms with Crippen molar-refractivity contribution in [1.29, 1.82) is 0 Å². The molecule has 1 aliphatic heterocycles. The molecule has 0 bridgehead atoms. The molecule has 2 heterocycles. The molecule has 1 aliphatic rings. The van der Waals surface area contributed by atoms with Crippen molar-refractivity contribution in [1.82, 2.24) is 19.4 Å². The number of morpholine rings is 1. The second-order valence-corrected chi connectivity index (χ2v) is 11.0. The molecule has 0 aliphatic carbocycles. The van der Waals surface area contributed by atoms with E-state index < -0.39 is 5.91 Å². The number of ether oxygens (including phenoxy) is 2. The smallest absolute Gasteiger partial charge is 0.275 e. The van der Waals surface area contributed by atoms with Crippen LogP contribution in [0.1, 0.15) is 21.6 Å². The maximum atomic E-state index is 14.2. The van der Waals surface area contributed by atoms with Crippen LogP contribution in [0, 0.1) is 0 Å². The van der Waals surface area contributed by atoms with Crippen molar-refractivity contribution in [3.05, 3.63) is 99.7 Å². The average Bonchev–Trinajstić information content (AvgIpc) is 3.42. The molecule has 236 valence electrons. The number of halogens is 2. The highest BCUT2D eigenvalue weighted by Crippen LogP contribution is 2.34. The molecule has 0 saturated carbocycles. The largest absolute Gasteiger partial charge is 0.388 e. The molecule has 2 amide bonds. The van der Waals surface area contributed by atoms with E-state index in [4.69, 9.17) is 27.9 Å². The van der Waals surface area contributed by atoms with E-state index in [9.17, 15) is 14.4 Å². The summed E-state index contributed by atoms with van der Waals surface area (Å²) in [7, 11) is 3.25. The van der Waals surface area contributed by atoms with Gasteiger partial charge in [0.2, 0.25) is 6.41 Å². The molecule has 12 heteroatoms. The van der Waals surface area contributed by atoms with Gasteiger partial charge in [-0.05, 0) is 47.5 Å². The minimum Gasteiger partial charge on any atom is -0.388 e. The zero-order valence-corrected chi connectivity index (χ0v) is 26.6. The zero-order chi connectivity index (χ0) is 32.2. The number of benzene rings is 3. The van der Waals surface area contributed by atoms with Crippen molar-refractivity contribution in [3.63, 3.8) is 0 Å². The lowest BCUT2D eigenvalue weighted by Gasteiger charge is -2.26. The predicted octanol–water partition coefficient (Wildman–Crippen LogP) is 5.35. The van der Waals surface area contributed by atoms with Crippen molar-refractivity contribution >= 4 is 47.6 Å². The number of imidazole rings is 1. The van der Waals surface area contributed by atoms with Crippen molar-refractivity contribution in [2.75, 3.05) is 52.4 Å². The van der Waals surface area contributed by atoms with Gasteiger partial charge in [0.25, 0.3) is 5.91 Å². The van der Waals surface area contributed by atoms with Gasteiger partial charge in [-0.15, -0.1) is 0 Å². The SMILES string of the molecule is COC.O=CCN(Cc1ccc(CN2CCOCC2)cc1)C(=O)c1c(NC=O)nc(-c2ccccc2Cl)n1-c1ccc(Cl)cc1. The van der Waals surface area contributed by atoms with E-state index in [0.29, 0.717) is 39.8 Å². The van der Waals surface area contributed by atoms with Crippen LogP contribution in [0.15, 0.2) is 72.8 Å². The number of nitrogens with zero attached hydrogens (tertiary/aromatic N) is 4. The van der Waals surface area contributed by atoms with Crippen molar-refractivity contribution in [3.8, 4) is 17.1 Å². The van der Waals surface area contributed by atoms with Gasteiger partial charge in [0.05, 0.1) is 24.8 Å². The molecule has 1 fully saturated rings. The molecule has 1 N–H and O–H groups in total. The highest BCUT2D eigenvalue weighted by atomic mass is 35.5. The monoisotopic (exact) mass is 651 g/mol. The summed E-state index contributed by atoms with van der Waals surface area (Å²) in [5, 5.41) is 3.49. The number of anilines is 1. The topological polar surface area (TPSA) is 106 Å². The summed E-state index contributed by atoms with van der Waals surface area (Å²) < 4.78 is 11.3. The van der Waals surface area contributed by atoms with Gasteiger partial charge in [0, 0.05) is 56.7 Å². The Kier molecular flexibility index (Phi) is 12.7. The Labute approximate surface area is 272 Å². The number of carbonyl (C=O) groups excluding carboxylic acids is 3. The van der Waals surface area contributed by atoms with Crippen molar-refractivity contribution in [2.45, 2.75) is 13.1 Å². The Hall–Kier alpha value is -4.06. The highest BCUT2D eigenvalue weighted by molar-refractivity contribution is 6.33. The molecular weight excluding hydrogens is 617 g/mol. The molecule has 1 saturated heterocycles. The number of rotatable bonds is 11. The van der Waals surface area contributed by atoms with Crippen LogP contribution in [0.5, 0.6) is 0 Å². The van der Waals surface area contributed by atoms with E-state index in [1.807, 2.05) is 24.3 Å². The number of methoxy groups -OCH3 is 1. The third-order valence-corrected chi connectivity index (χ3v) is 7.55.